The van der Waals surface area contributed by atoms with E-state index in [1.165, 1.54) is 12.1 Å². The van der Waals surface area contributed by atoms with Crippen molar-refractivity contribution in [1.29, 1.82) is 0 Å². The van der Waals surface area contributed by atoms with Crippen molar-refractivity contribution in [2.24, 2.45) is 0 Å². The van der Waals surface area contributed by atoms with Crippen LogP contribution < -0.4 is 4.90 Å². The molecule has 0 radical (unpaired) electrons. The van der Waals surface area contributed by atoms with Crippen LogP contribution in [0.25, 0.3) is 0 Å². The smallest absolute Gasteiger partial charge is 0.0957 e. The van der Waals surface area contributed by atoms with Crippen LogP contribution in [-0.2, 0) is 0 Å². The zero-order chi connectivity index (χ0) is 13.8. The summed E-state index contributed by atoms with van der Waals surface area (Å²) in [6.45, 7) is 7.41. The summed E-state index contributed by atoms with van der Waals surface area (Å²) in [5.74, 6) is 0. The molecule has 0 saturated carbocycles. The van der Waals surface area contributed by atoms with Gasteiger partial charge in [0.15, 0.2) is 0 Å². The monoisotopic (exact) mass is 263 g/mol. The molecule has 4 heteroatoms. The highest BCUT2D eigenvalue weighted by Gasteiger charge is 2.23. The number of aromatic nitrogens is 1. The number of aliphatic hydroxyl groups excluding tert-OH is 1. The SMILES string of the molecule is CCC(O)c1ccc(N2CCN(C)C(CC)C2)cn1. The molecule has 19 heavy (non-hydrogen) atoms. The van der Waals surface area contributed by atoms with Crippen LogP contribution in [0.4, 0.5) is 5.69 Å². The van der Waals surface area contributed by atoms with Gasteiger partial charge in [0.25, 0.3) is 0 Å². The quantitative estimate of drug-likeness (QED) is 0.902. The van der Waals surface area contributed by atoms with Crippen molar-refractivity contribution >= 4 is 5.69 Å². The van der Waals surface area contributed by atoms with Crippen molar-refractivity contribution in [3.8, 4) is 0 Å². The van der Waals surface area contributed by atoms with Gasteiger partial charge in [0.05, 0.1) is 23.7 Å². The molecule has 2 atom stereocenters. The molecule has 2 unspecified atom stereocenters. The topological polar surface area (TPSA) is 39.6 Å². The van der Waals surface area contributed by atoms with Gasteiger partial charge in [-0.15, -0.1) is 0 Å². The average Bonchev–Trinajstić information content (AvgIpc) is 2.47. The third kappa shape index (κ3) is 3.25. The van der Waals surface area contributed by atoms with Crippen LogP contribution in [-0.4, -0.2) is 47.7 Å². The molecular formula is C15H25N3O. The summed E-state index contributed by atoms with van der Waals surface area (Å²) in [4.78, 5) is 9.21. The van der Waals surface area contributed by atoms with E-state index in [9.17, 15) is 5.11 Å². The Balaban J connectivity index is 2.06. The van der Waals surface area contributed by atoms with E-state index in [0.29, 0.717) is 12.5 Å². The third-order valence-electron chi connectivity index (χ3n) is 4.11. The van der Waals surface area contributed by atoms with Gasteiger partial charge in [0.1, 0.15) is 0 Å². The van der Waals surface area contributed by atoms with Gasteiger partial charge >= 0.3 is 0 Å². The largest absolute Gasteiger partial charge is 0.387 e. The number of rotatable bonds is 4. The second-order valence-corrected chi connectivity index (χ2v) is 5.35. The fourth-order valence-electron chi connectivity index (χ4n) is 2.61. The van der Waals surface area contributed by atoms with E-state index in [0.717, 1.165) is 25.3 Å². The normalized spacial score (nSPS) is 22.5. The molecule has 0 aliphatic carbocycles. The van der Waals surface area contributed by atoms with Crippen molar-refractivity contribution in [3.05, 3.63) is 24.0 Å². The summed E-state index contributed by atoms with van der Waals surface area (Å²) in [6.07, 6.45) is 3.34. The predicted molar refractivity (Wildman–Crippen MR) is 78.4 cm³/mol. The minimum atomic E-state index is -0.440. The van der Waals surface area contributed by atoms with Gasteiger partial charge in [-0.3, -0.25) is 9.88 Å². The fourth-order valence-corrected chi connectivity index (χ4v) is 2.61. The van der Waals surface area contributed by atoms with E-state index >= 15 is 0 Å². The van der Waals surface area contributed by atoms with E-state index in [-0.39, 0.29) is 0 Å². The van der Waals surface area contributed by atoms with Crippen molar-refractivity contribution in [2.75, 3.05) is 31.6 Å². The van der Waals surface area contributed by atoms with E-state index in [4.69, 9.17) is 0 Å². The van der Waals surface area contributed by atoms with Crippen LogP contribution >= 0.6 is 0 Å². The lowest BCUT2D eigenvalue weighted by Crippen LogP contribution is -2.51. The van der Waals surface area contributed by atoms with Gasteiger partial charge in [0.2, 0.25) is 0 Å². The maximum atomic E-state index is 9.76. The molecule has 2 rings (SSSR count). The minimum absolute atomic E-state index is 0.440. The van der Waals surface area contributed by atoms with Crippen LogP contribution in [0.3, 0.4) is 0 Å². The van der Waals surface area contributed by atoms with Gasteiger partial charge in [-0.25, -0.2) is 0 Å². The van der Waals surface area contributed by atoms with E-state index in [1.807, 2.05) is 19.2 Å². The van der Waals surface area contributed by atoms with Gasteiger partial charge in [0, 0.05) is 25.7 Å². The number of nitrogens with zero attached hydrogens (tertiary/aromatic N) is 3. The zero-order valence-corrected chi connectivity index (χ0v) is 12.2. The lowest BCUT2D eigenvalue weighted by molar-refractivity contribution is 0.169. The highest BCUT2D eigenvalue weighted by Crippen LogP contribution is 2.21. The van der Waals surface area contributed by atoms with E-state index in [1.54, 1.807) is 0 Å². The molecule has 1 aromatic rings. The molecule has 0 amide bonds. The summed E-state index contributed by atoms with van der Waals surface area (Å²) >= 11 is 0. The summed E-state index contributed by atoms with van der Waals surface area (Å²) in [5.41, 5.74) is 1.94. The first kappa shape index (κ1) is 14.3. The first-order valence-corrected chi connectivity index (χ1v) is 7.24. The fraction of sp³-hybridized carbons (Fsp3) is 0.667. The molecular weight excluding hydrogens is 238 g/mol. The average molecular weight is 263 g/mol. The highest BCUT2D eigenvalue weighted by atomic mass is 16.3. The van der Waals surface area contributed by atoms with Crippen LogP contribution in [0.2, 0.25) is 0 Å². The Hall–Kier alpha value is -1.13. The highest BCUT2D eigenvalue weighted by molar-refractivity contribution is 5.45. The molecule has 0 spiro atoms. The molecule has 1 aromatic heterocycles. The van der Waals surface area contributed by atoms with Crippen molar-refractivity contribution in [2.45, 2.75) is 38.8 Å². The molecule has 2 heterocycles. The lowest BCUT2D eigenvalue weighted by atomic mass is 10.1. The molecule has 1 saturated heterocycles. The van der Waals surface area contributed by atoms with Gasteiger partial charge in [-0.05, 0) is 32.0 Å². The number of likely N-dealkylation sites (N-methyl/N-ethyl adjacent to an activating group) is 1. The Labute approximate surface area is 116 Å². The Bertz CT molecular complexity index is 393. The maximum absolute atomic E-state index is 9.76. The number of piperazine rings is 1. The summed E-state index contributed by atoms with van der Waals surface area (Å²) in [6, 6.07) is 4.65. The Morgan fingerprint density at radius 3 is 2.74 bits per heavy atom. The predicted octanol–water partition coefficient (Wildman–Crippen LogP) is 2.06. The van der Waals surface area contributed by atoms with E-state index in [2.05, 4.69) is 34.8 Å². The van der Waals surface area contributed by atoms with Crippen LogP contribution in [0.1, 0.15) is 38.5 Å². The number of pyridine rings is 1. The van der Waals surface area contributed by atoms with Crippen LogP contribution in [0.5, 0.6) is 0 Å². The summed E-state index contributed by atoms with van der Waals surface area (Å²) < 4.78 is 0. The number of hydrogen-bond acceptors (Lipinski definition) is 4. The van der Waals surface area contributed by atoms with Crippen LogP contribution in [0, 0.1) is 0 Å². The second kappa shape index (κ2) is 6.35. The molecule has 1 N–H and O–H groups in total. The molecule has 1 fully saturated rings. The van der Waals surface area contributed by atoms with Crippen molar-refractivity contribution < 1.29 is 5.11 Å². The second-order valence-electron chi connectivity index (χ2n) is 5.35. The number of aliphatic hydroxyl groups is 1. The summed E-state index contributed by atoms with van der Waals surface area (Å²) in [7, 11) is 2.20. The molecule has 0 bridgehead atoms. The van der Waals surface area contributed by atoms with Gasteiger partial charge in [-0.2, -0.15) is 0 Å². The maximum Gasteiger partial charge on any atom is 0.0957 e. The standard InChI is InChI=1S/C15H25N3O/c1-4-12-11-18(9-8-17(12)3)13-6-7-14(16-10-13)15(19)5-2/h6-7,10,12,15,19H,4-5,8-9,11H2,1-3H3. The Kier molecular flexibility index (Phi) is 4.77. The van der Waals surface area contributed by atoms with Gasteiger partial charge < -0.3 is 10.0 Å². The third-order valence-corrected chi connectivity index (χ3v) is 4.11. The Morgan fingerprint density at radius 2 is 2.16 bits per heavy atom. The van der Waals surface area contributed by atoms with Crippen molar-refractivity contribution in [1.82, 2.24) is 9.88 Å². The lowest BCUT2D eigenvalue weighted by Gasteiger charge is -2.40. The molecule has 106 valence electrons. The number of anilines is 1. The molecule has 4 nitrogen and oxygen atoms in total. The van der Waals surface area contributed by atoms with Gasteiger partial charge in [-0.1, -0.05) is 13.8 Å². The minimum Gasteiger partial charge on any atom is -0.387 e. The first-order valence-electron chi connectivity index (χ1n) is 7.24. The molecule has 1 aliphatic heterocycles. The number of hydrogen-bond donors (Lipinski definition) is 1. The zero-order valence-electron chi connectivity index (χ0n) is 12.2. The summed E-state index contributed by atoms with van der Waals surface area (Å²) in [5, 5.41) is 9.76. The van der Waals surface area contributed by atoms with Crippen LogP contribution in [0.15, 0.2) is 18.3 Å². The molecule has 0 aromatic carbocycles. The molecule has 1 aliphatic rings. The van der Waals surface area contributed by atoms with E-state index < -0.39 is 6.10 Å². The Morgan fingerprint density at radius 1 is 1.37 bits per heavy atom. The van der Waals surface area contributed by atoms with Crippen molar-refractivity contribution in [3.63, 3.8) is 0 Å². The first-order chi connectivity index (χ1) is 9.15.